The molecule has 4 heteroatoms. The molecular formula is C26H19N3O. The summed E-state index contributed by atoms with van der Waals surface area (Å²) in [4.78, 5) is 4.19. The minimum atomic E-state index is -0.362. The molecule has 4 nitrogen and oxygen atoms in total. The van der Waals surface area contributed by atoms with Gasteiger partial charge in [0.15, 0.2) is 0 Å². The molecule has 0 fully saturated rings. The third-order valence-electron chi connectivity index (χ3n) is 6.10. The van der Waals surface area contributed by atoms with Crippen LogP contribution >= 0.6 is 0 Å². The summed E-state index contributed by atoms with van der Waals surface area (Å²) in [7, 11) is 0. The van der Waals surface area contributed by atoms with Crippen molar-refractivity contribution < 1.29 is 4.74 Å². The first-order valence-electron chi connectivity index (χ1n) is 10.1. The molecule has 3 aromatic rings. The number of nitriles is 2. The number of nitrogens with zero attached hydrogens (tertiary/aromatic N) is 3. The van der Waals surface area contributed by atoms with Gasteiger partial charge >= 0.3 is 0 Å². The average Bonchev–Trinajstić information content (AvgIpc) is 2.79. The van der Waals surface area contributed by atoms with Gasteiger partial charge in [-0.1, -0.05) is 42.5 Å². The van der Waals surface area contributed by atoms with Gasteiger partial charge in [-0.05, 0) is 59.4 Å². The molecule has 1 heterocycles. The predicted octanol–water partition coefficient (Wildman–Crippen LogP) is 5.21. The molecule has 0 amide bonds. The summed E-state index contributed by atoms with van der Waals surface area (Å²) in [5.41, 5.74) is 6.52. The average molecular weight is 389 g/mol. The van der Waals surface area contributed by atoms with Crippen LogP contribution in [0.25, 0.3) is 11.1 Å². The van der Waals surface area contributed by atoms with Crippen LogP contribution in [-0.4, -0.2) is 11.3 Å². The van der Waals surface area contributed by atoms with Crippen LogP contribution in [0.5, 0.6) is 5.75 Å². The van der Waals surface area contributed by atoms with Crippen LogP contribution in [0.4, 0.5) is 0 Å². The fourth-order valence-electron chi connectivity index (χ4n) is 4.63. The first-order valence-corrected chi connectivity index (χ1v) is 10.1. The lowest BCUT2D eigenvalue weighted by molar-refractivity contribution is 0.0558. The Balaban J connectivity index is 1.55. The Bertz CT molecular complexity index is 1260. The van der Waals surface area contributed by atoms with E-state index in [1.54, 1.807) is 6.07 Å². The Labute approximate surface area is 175 Å². The van der Waals surface area contributed by atoms with Crippen LogP contribution in [0, 0.1) is 22.8 Å². The van der Waals surface area contributed by atoms with Gasteiger partial charge in [0.2, 0.25) is 6.19 Å². The topological polar surface area (TPSA) is 69.2 Å². The second-order valence-corrected chi connectivity index (χ2v) is 7.97. The predicted molar refractivity (Wildman–Crippen MR) is 115 cm³/mol. The van der Waals surface area contributed by atoms with Crippen molar-refractivity contribution >= 4 is 5.71 Å². The monoisotopic (exact) mass is 389 g/mol. The lowest BCUT2D eigenvalue weighted by Crippen LogP contribution is -2.46. The van der Waals surface area contributed by atoms with Gasteiger partial charge in [-0.15, -0.1) is 0 Å². The normalized spacial score (nSPS) is 20.5. The SMILES string of the molecule is N#C/N=C1\CC2(CCc3ccccc3C2)Oc2ccc(-c3cccc(C#N)c3)cc21. The van der Waals surface area contributed by atoms with E-state index in [9.17, 15) is 10.5 Å². The highest BCUT2D eigenvalue weighted by Crippen LogP contribution is 2.42. The Hall–Kier alpha value is -3.89. The van der Waals surface area contributed by atoms with Crippen molar-refractivity contribution in [3.8, 4) is 29.1 Å². The van der Waals surface area contributed by atoms with E-state index in [0.717, 1.165) is 47.4 Å². The van der Waals surface area contributed by atoms with E-state index in [2.05, 4.69) is 35.3 Å². The van der Waals surface area contributed by atoms with E-state index in [1.807, 2.05) is 42.6 Å². The summed E-state index contributed by atoms with van der Waals surface area (Å²) in [6, 6.07) is 24.2. The molecule has 3 aromatic carbocycles. The summed E-state index contributed by atoms with van der Waals surface area (Å²) in [6.45, 7) is 0. The van der Waals surface area contributed by atoms with Gasteiger partial charge in [0.25, 0.3) is 0 Å². The Kier molecular flexibility index (Phi) is 4.34. The van der Waals surface area contributed by atoms with Gasteiger partial charge < -0.3 is 4.74 Å². The zero-order chi connectivity index (χ0) is 20.6. The Morgan fingerprint density at radius 2 is 1.70 bits per heavy atom. The van der Waals surface area contributed by atoms with Crippen molar-refractivity contribution in [2.75, 3.05) is 0 Å². The lowest BCUT2D eigenvalue weighted by Gasteiger charge is -2.42. The van der Waals surface area contributed by atoms with Gasteiger partial charge in [-0.3, -0.25) is 0 Å². The molecule has 1 aliphatic carbocycles. The van der Waals surface area contributed by atoms with Crippen molar-refractivity contribution in [2.24, 2.45) is 4.99 Å². The van der Waals surface area contributed by atoms with Crippen LogP contribution in [0.3, 0.4) is 0 Å². The highest BCUT2D eigenvalue weighted by Gasteiger charge is 2.42. The summed E-state index contributed by atoms with van der Waals surface area (Å²) in [5.74, 6) is 0.773. The van der Waals surface area contributed by atoms with E-state index in [-0.39, 0.29) is 5.60 Å². The minimum absolute atomic E-state index is 0.362. The molecule has 0 bridgehead atoms. The van der Waals surface area contributed by atoms with Crippen molar-refractivity contribution in [2.45, 2.75) is 31.3 Å². The lowest BCUT2D eigenvalue weighted by atomic mass is 9.75. The second kappa shape index (κ2) is 7.17. The quantitative estimate of drug-likeness (QED) is 0.537. The third-order valence-corrected chi connectivity index (χ3v) is 6.10. The molecule has 0 aromatic heterocycles. The molecule has 5 rings (SSSR count). The van der Waals surface area contributed by atoms with Gasteiger partial charge in [0, 0.05) is 18.4 Å². The second-order valence-electron chi connectivity index (χ2n) is 7.97. The first-order chi connectivity index (χ1) is 14.7. The van der Waals surface area contributed by atoms with Gasteiger partial charge in [-0.2, -0.15) is 15.5 Å². The highest BCUT2D eigenvalue weighted by molar-refractivity contribution is 6.06. The van der Waals surface area contributed by atoms with Gasteiger partial charge in [0.05, 0.1) is 17.3 Å². The van der Waals surface area contributed by atoms with Crippen molar-refractivity contribution in [1.82, 2.24) is 0 Å². The maximum Gasteiger partial charge on any atom is 0.205 e. The Morgan fingerprint density at radius 3 is 2.53 bits per heavy atom. The smallest absolute Gasteiger partial charge is 0.205 e. The molecule has 0 N–H and O–H groups in total. The molecular weight excluding hydrogens is 370 g/mol. The molecule has 30 heavy (non-hydrogen) atoms. The largest absolute Gasteiger partial charge is 0.486 e. The van der Waals surface area contributed by atoms with Crippen LogP contribution in [-0.2, 0) is 12.8 Å². The molecule has 1 aliphatic heterocycles. The zero-order valence-corrected chi connectivity index (χ0v) is 16.4. The number of ether oxygens (including phenoxy) is 1. The van der Waals surface area contributed by atoms with Crippen LogP contribution < -0.4 is 4.74 Å². The first kappa shape index (κ1) is 18.2. The molecule has 0 radical (unpaired) electrons. The van der Waals surface area contributed by atoms with Crippen molar-refractivity contribution in [3.05, 3.63) is 89.0 Å². The molecule has 0 saturated carbocycles. The maximum absolute atomic E-state index is 9.33. The number of hydrogen-bond acceptors (Lipinski definition) is 4. The van der Waals surface area contributed by atoms with Crippen LogP contribution in [0.15, 0.2) is 71.7 Å². The molecule has 1 atom stereocenters. The zero-order valence-electron chi connectivity index (χ0n) is 16.4. The van der Waals surface area contributed by atoms with Crippen LogP contribution in [0.1, 0.15) is 35.1 Å². The molecule has 1 unspecified atom stereocenters. The Morgan fingerprint density at radius 1 is 0.867 bits per heavy atom. The fraction of sp³-hybridized carbons (Fsp3) is 0.192. The fourth-order valence-corrected chi connectivity index (χ4v) is 4.63. The van der Waals surface area contributed by atoms with Gasteiger partial charge in [0.1, 0.15) is 11.4 Å². The molecule has 144 valence electrons. The molecule has 2 aliphatic rings. The van der Waals surface area contributed by atoms with E-state index in [4.69, 9.17) is 4.74 Å². The standard InChI is InChI=1S/C26H19N3O/c27-16-18-4-3-7-20(12-18)21-8-9-25-23(13-21)24(29-17-28)15-26(30-25)11-10-19-5-1-2-6-22(19)14-26/h1-9,12-13H,10-11,14-15H2/b29-24+. The number of hydrogen-bond donors (Lipinski definition) is 0. The van der Waals surface area contributed by atoms with Crippen LogP contribution in [0.2, 0.25) is 0 Å². The van der Waals surface area contributed by atoms with E-state index < -0.39 is 0 Å². The summed E-state index contributed by atoms with van der Waals surface area (Å²) < 4.78 is 6.59. The number of rotatable bonds is 1. The van der Waals surface area contributed by atoms with E-state index in [1.165, 1.54) is 11.1 Å². The number of aliphatic imine (C=N–C) groups is 1. The molecule has 1 spiro atoms. The van der Waals surface area contributed by atoms with E-state index in [0.29, 0.717) is 12.0 Å². The number of aryl methyl sites for hydroxylation is 1. The summed E-state index contributed by atoms with van der Waals surface area (Å²) in [5, 5.41) is 18.5. The maximum atomic E-state index is 9.33. The summed E-state index contributed by atoms with van der Waals surface area (Å²) in [6.07, 6.45) is 5.28. The van der Waals surface area contributed by atoms with Crippen molar-refractivity contribution in [1.29, 1.82) is 10.5 Å². The third kappa shape index (κ3) is 3.13. The molecule has 0 saturated heterocycles. The minimum Gasteiger partial charge on any atom is -0.486 e. The number of benzene rings is 3. The summed E-state index contributed by atoms with van der Waals surface area (Å²) >= 11 is 0. The highest BCUT2D eigenvalue weighted by atomic mass is 16.5. The van der Waals surface area contributed by atoms with E-state index >= 15 is 0 Å². The number of fused-ring (bicyclic) bond motifs is 2. The van der Waals surface area contributed by atoms with Crippen molar-refractivity contribution in [3.63, 3.8) is 0 Å². The van der Waals surface area contributed by atoms with Gasteiger partial charge in [-0.25, -0.2) is 0 Å².